The zero-order valence-corrected chi connectivity index (χ0v) is 19.2. The van der Waals surface area contributed by atoms with Crippen LogP contribution in [0.2, 0.25) is 0 Å². The average molecular weight is 477 g/mol. The number of aromatic nitrogens is 4. The van der Waals surface area contributed by atoms with Gasteiger partial charge in [-0.2, -0.15) is 4.37 Å². The lowest BCUT2D eigenvalue weighted by atomic mass is 10.1. The maximum absolute atomic E-state index is 13.3. The molecule has 12 heteroatoms. The molecule has 0 saturated carbocycles. The minimum absolute atomic E-state index is 0.0686. The van der Waals surface area contributed by atoms with Gasteiger partial charge in [0.15, 0.2) is 16.6 Å². The van der Waals surface area contributed by atoms with Crippen LogP contribution >= 0.6 is 11.5 Å². The normalized spacial score (nSPS) is 19.9. The van der Waals surface area contributed by atoms with Crippen molar-refractivity contribution < 1.29 is 17.6 Å². The summed E-state index contributed by atoms with van der Waals surface area (Å²) in [5, 5.41) is 0.608. The molecule has 32 heavy (non-hydrogen) atoms. The highest BCUT2D eigenvalue weighted by Crippen LogP contribution is 2.40. The lowest BCUT2D eigenvalue weighted by Crippen LogP contribution is -2.42. The third-order valence-electron chi connectivity index (χ3n) is 5.82. The molecule has 9 nitrogen and oxygen atoms in total. The quantitative estimate of drug-likeness (QED) is 0.576. The number of carbonyl (C=O) groups is 1. The van der Waals surface area contributed by atoms with Crippen LogP contribution in [0.4, 0.5) is 10.2 Å². The van der Waals surface area contributed by atoms with Gasteiger partial charge in [-0.3, -0.25) is 9.10 Å². The van der Waals surface area contributed by atoms with E-state index in [1.165, 1.54) is 40.1 Å². The fourth-order valence-corrected chi connectivity index (χ4v) is 6.48. The Morgan fingerprint density at radius 2 is 1.91 bits per heavy atom. The van der Waals surface area contributed by atoms with Crippen LogP contribution in [-0.4, -0.2) is 57.0 Å². The third-order valence-corrected chi connectivity index (χ3v) is 8.46. The maximum Gasteiger partial charge on any atom is 0.254 e. The molecule has 0 spiro atoms. The number of nitrogens with zero attached hydrogens (tertiary/aromatic N) is 6. The molecule has 1 fully saturated rings. The SMILES string of the molecule is Cc1nsc(-c2nc(N3CCCS3(=O)=O)c3n2CCN(C(=O)c2ccc(F)cc2)[C@@H]3C)n1. The van der Waals surface area contributed by atoms with E-state index in [2.05, 4.69) is 9.36 Å². The van der Waals surface area contributed by atoms with Crippen molar-refractivity contribution in [2.75, 3.05) is 23.1 Å². The largest absolute Gasteiger partial charge is 0.328 e. The van der Waals surface area contributed by atoms with Crippen LogP contribution in [-0.2, 0) is 16.6 Å². The predicted molar refractivity (Wildman–Crippen MR) is 117 cm³/mol. The van der Waals surface area contributed by atoms with Crippen molar-refractivity contribution in [3.8, 4) is 10.8 Å². The average Bonchev–Trinajstić information content (AvgIpc) is 3.44. The van der Waals surface area contributed by atoms with E-state index < -0.39 is 21.9 Å². The Bertz CT molecular complexity index is 1300. The summed E-state index contributed by atoms with van der Waals surface area (Å²) in [6, 6.07) is 4.98. The first-order valence-corrected chi connectivity index (χ1v) is 12.6. The minimum Gasteiger partial charge on any atom is -0.328 e. The Balaban J connectivity index is 1.61. The summed E-state index contributed by atoms with van der Waals surface area (Å²) in [5.41, 5.74) is 1.03. The lowest BCUT2D eigenvalue weighted by molar-refractivity contribution is 0.0645. The zero-order valence-electron chi connectivity index (χ0n) is 17.5. The number of carbonyl (C=O) groups excluding carboxylic acids is 1. The number of aryl methyl sites for hydroxylation is 1. The van der Waals surface area contributed by atoms with E-state index in [9.17, 15) is 17.6 Å². The van der Waals surface area contributed by atoms with Gasteiger partial charge in [0.05, 0.1) is 17.5 Å². The molecule has 1 atom stereocenters. The number of fused-ring (bicyclic) bond motifs is 1. The van der Waals surface area contributed by atoms with Gasteiger partial charge in [-0.25, -0.2) is 22.8 Å². The standard InChI is InChI=1S/C20H21FN6O3S2/c1-12-16-17(27-8-3-11-32(27,29)30)23-18(19-22-13(2)24-31-19)26(16)10-9-25(12)20(28)14-4-6-15(21)7-5-14/h4-7,12H,3,8-11H2,1-2H3/t12-/m1/s1. The van der Waals surface area contributed by atoms with E-state index in [4.69, 9.17) is 4.98 Å². The van der Waals surface area contributed by atoms with E-state index in [1.807, 2.05) is 11.5 Å². The van der Waals surface area contributed by atoms with Crippen LogP contribution in [0.1, 0.15) is 41.3 Å². The van der Waals surface area contributed by atoms with Crippen molar-refractivity contribution in [3.05, 3.63) is 47.2 Å². The zero-order chi connectivity index (χ0) is 22.6. The molecule has 0 radical (unpaired) electrons. The molecule has 1 saturated heterocycles. The molecule has 1 amide bonds. The third kappa shape index (κ3) is 3.37. The first kappa shape index (κ1) is 21.0. The van der Waals surface area contributed by atoms with Gasteiger partial charge >= 0.3 is 0 Å². The predicted octanol–water partition coefficient (Wildman–Crippen LogP) is 2.61. The first-order valence-electron chi connectivity index (χ1n) is 10.2. The lowest BCUT2D eigenvalue weighted by Gasteiger charge is -2.36. The van der Waals surface area contributed by atoms with Crippen LogP contribution in [0.15, 0.2) is 24.3 Å². The van der Waals surface area contributed by atoms with Crippen molar-refractivity contribution in [1.29, 1.82) is 0 Å². The molecule has 0 bridgehead atoms. The number of sulfonamides is 1. The first-order chi connectivity index (χ1) is 15.3. The molecule has 2 aromatic heterocycles. The van der Waals surface area contributed by atoms with Crippen molar-refractivity contribution in [1.82, 2.24) is 23.8 Å². The second kappa shape index (κ2) is 7.62. The van der Waals surface area contributed by atoms with Gasteiger partial charge in [-0.15, -0.1) is 0 Å². The summed E-state index contributed by atoms with van der Waals surface area (Å²) in [7, 11) is -3.48. The summed E-state index contributed by atoms with van der Waals surface area (Å²) in [4.78, 5) is 24.0. The van der Waals surface area contributed by atoms with Crippen LogP contribution < -0.4 is 4.31 Å². The highest BCUT2D eigenvalue weighted by molar-refractivity contribution is 7.93. The van der Waals surface area contributed by atoms with E-state index in [-0.39, 0.29) is 11.7 Å². The number of rotatable bonds is 3. The highest BCUT2D eigenvalue weighted by Gasteiger charge is 2.40. The van der Waals surface area contributed by atoms with Crippen LogP contribution in [0.5, 0.6) is 0 Å². The van der Waals surface area contributed by atoms with Gasteiger partial charge in [-0.1, -0.05) is 0 Å². The van der Waals surface area contributed by atoms with Crippen molar-refractivity contribution >= 4 is 33.3 Å². The Hall–Kier alpha value is -2.86. The molecule has 1 aromatic carbocycles. The van der Waals surface area contributed by atoms with Gasteiger partial charge < -0.3 is 9.47 Å². The van der Waals surface area contributed by atoms with Crippen molar-refractivity contribution in [2.24, 2.45) is 0 Å². The van der Waals surface area contributed by atoms with E-state index >= 15 is 0 Å². The second-order valence-corrected chi connectivity index (χ2v) is 10.6. The highest BCUT2D eigenvalue weighted by atomic mass is 32.2. The topological polar surface area (TPSA) is 101 Å². The fraction of sp³-hybridized carbons (Fsp3) is 0.400. The van der Waals surface area contributed by atoms with Crippen LogP contribution in [0.25, 0.3) is 10.8 Å². The van der Waals surface area contributed by atoms with E-state index in [0.29, 0.717) is 59.8 Å². The minimum atomic E-state index is -3.48. The summed E-state index contributed by atoms with van der Waals surface area (Å²) in [5.74, 6) is 0.935. The molecule has 0 aliphatic carbocycles. The molecular formula is C20H21FN6O3S2. The molecular weight excluding hydrogens is 455 g/mol. The number of benzene rings is 1. The smallest absolute Gasteiger partial charge is 0.254 e. The van der Waals surface area contributed by atoms with Gasteiger partial charge in [0.1, 0.15) is 11.6 Å². The summed E-state index contributed by atoms with van der Waals surface area (Å²) < 4.78 is 46.3. The number of imidazole rings is 1. The molecule has 2 aliphatic rings. The van der Waals surface area contributed by atoms with Gasteiger partial charge in [0.25, 0.3) is 5.91 Å². The van der Waals surface area contributed by atoms with Gasteiger partial charge in [-0.05, 0) is 56.1 Å². The van der Waals surface area contributed by atoms with E-state index in [1.54, 1.807) is 11.8 Å². The molecule has 5 rings (SSSR count). The number of hydrogen-bond donors (Lipinski definition) is 0. The maximum atomic E-state index is 13.3. The number of hydrogen-bond acceptors (Lipinski definition) is 7. The molecule has 0 unspecified atom stereocenters. The van der Waals surface area contributed by atoms with Crippen molar-refractivity contribution in [3.63, 3.8) is 0 Å². The molecule has 0 N–H and O–H groups in total. The van der Waals surface area contributed by atoms with Crippen molar-refractivity contribution in [2.45, 2.75) is 32.9 Å². The Kier molecular flexibility index (Phi) is 5.01. The molecule has 4 heterocycles. The summed E-state index contributed by atoms with van der Waals surface area (Å²) >= 11 is 1.21. The molecule has 2 aliphatic heterocycles. The molecule has 168 valence electrons. The Labute approximate surface area is 188 Å². The Morgan fingerprint density at radius 1 is 1.16 bits per heavy atom. The van der Waals surface area contributed by atoms with Crippen LogP contribution in [0, 0.1) is 12.7 Å². The molecule has 3 aromatic rings. The monoisotopic (exact) mass is 476 g/mol. The van der Waals surface area contributed by atoms with E-state index in [0.717, 1.165) is 0 Å². The number of amides is 1. The van der Waals surface area contributed by atoms with Crippen LogP contribution in [0.3, 0.4) is 0 Å². The second-order valence-electron chi connectivity index (χ2n) is 7.87. The van der Waals surface area contributed by atoms with Gasteiger partial charge in [0, 0.05) is 25.2 Å². The fourth-order valence-electron chi connectivity index (χ4n) is 4.29. The summed E-state index contributed by atoms with van der Waals surface area (Å²) in [6.45, 7) is 4.83. The Morgan fingerprint density at radius 3 is 2.53 bits per heavy atom. The number of halogens is 1. The number of anilines is 1. The van der Waals surface area contributed by atoms with Gasteiger partial charge in [0.2, 0.25) is 10.0 Å². The summed E-state index contributed by atoms with van der Waals surface area (Å²) in [6.07, 6.45) is 0.522.